The zero-order valence-corrected chi connectivity index (χ0v) is 11.3. The fraction of sp³-hybridized carbons (Fsp3) is 0.857. The third-order valence-corrected chi connectivity index (χ3v) is 4.84. The van der Waals surface area contributed by atoms with Crippen LogP contribution in [-0.4, -0.2) is 35.0 Å². The van der Waals surface area contributed by atoms with Gasteiger partial charge in [-0.2, -0.15) is 0 Å². The SMILES string of the molecule is CC1CN(C(=O)CC2(C(=O)O)CCCC2)CC1C. The lowest BCUT2D eigenvalue weighted by molar-refractivity contribution is -0.153. The van der Waals surface area contributed by atoms with E-state index in [1.54, 1.807) is 0 Å². The molecular weight excluding hydrogens is 230 g/mol. The normalized spacial score (nSPS) is 30.7. The Balaban J connectivity index is 2.00. The predicted molar refractivity (Wildman–Crippen MR) is 68.1 cm³/mol. The summed E-state index contributed by atoms with van der Waals surface area (Å²) in [6.45, 7) is 5.88. The molecule has 4 heteroatoms. The van der Waals surface area contributed by atoms with Crippen LogP contribution in [-0.2, 0) is 9.59 Å². The molecule has 0 aromatic carbocycles. The highest BCUT2D eigenvalue weighted by atomic mass is 16.4. The zero-order valence-electron chi connectivity index (χ0n) is 11.3. The summed E-state index contributed by atoms with van der Waals surface area (Å²) in [5, 5.41) is 9.39. The number of aliphatic carboxylic acids is 1. The first kappa shape index (κ1) is 13.4. The minimum absolute atomic E-state index is 0.0375. The van der Waals surface area contributed by atoms with Crippen LogP contribution in [0.5, 0.6) is 0 Å². The van der Waals surface area contributed by atoms with E-state index in [1.807, 2.05) is 4.90 Å². The molecule has 1 aliphatic carbocycles. The van der Waals surface area contributed by atoms with Crippen LogP contribution in [0.25, 0.3) is 0 Å². The lowest BCUT2D eigenvalue weighted by Crippen LogP contribution is -2.37. The molecule has 4 nitrogen and oxygen atoms in total. The highest BCUT2D eigenvalue weighted by Gasteiger charge is 2.44. The van der Waals surface area contributed by atoms with Crippen molar-refractivity contribution in [1.29, 1.82) is 0 Å². The topological polar surface area (TPSA) is 57.6 Å². The van der Waals surface area contributed by atoms with Gasteiger partial charge in [-0.25, -0.2) is 0 Å². The maximum atomic E-state index is 12.3. The Kier molecular flexibility index (Phi) is 3.64. The molecule has 0 bridgehead atoms. The Hall–Kier alpha value is -1.06. The maximum absolute atomic E-state index is 12.3. The molecule has 102 valence electrons. The Morgan fingerprint density at radius 2 is 1.67 bits per heavy atom. The Morgan fingerprint density at radius 1 is 1.17 bits per heavy atom. The van der Waals surface area contributed by atoms with Gasteiger partial charge in [-0.1, -0.05) is 26.7 Å². The number of carboxylic acid groups (broad SMARTS) is 1. The number of rotatable bonds is 3. The van der Waals surface area contributed by atoms with Crippen molar-refractivity contribution in [2.75, 3.05) is 13.1 Å². The summed E-state index contributed by atoms with van der Waals surface area (Å²) in [5.74, 6) is 0.306. The number of nitrogens with zero attached hydrogens (tertiary/aromatic N) is 1. The third kappa shape index (κ3) is 2.38. The number of hydrogen-bond donors (Lipinski definition) is 1. The van der Waals surface area contributed by atoms with Gasteiger partial charge in [0.05, 0.1) is 5.41 Å². The lowest BCUT2D eigenvalue weighted by Gasteiger charge is -2.26. The molecule has 2 unspecified atom stereocenters. The molecule has 2 aliphatic rings. The van der Waals surface area contributed by atoms with Gasteiger partial charge in [0.25, 0.3) is 0 Å². The largest absolute Gasteiger partial charge is 0.481 e. The third-order valence-electron chi connectivity index (χ3n) is 4.84. The Morgan fingerprint density at radius 3 is 2.11 bits per heavy atom. The minimum Gasteiger partial charge on any atom is -0.481 e. The molecule has 1 N–H and O–H groups in total. The van der Waals surface area contributed by atoms with Crippen molar-refractivity contribution in [2.24, 2.45) is 17.3 Å². The van der Waals surface area contributed by atoms with E-state index in [4.69, 9.17) is 0 Å². The van der Waals surface area contributed by atoms with Crippen LogP contribution < -0.4 is 0 Å². The van der Waals surface area contributed by atoms with Crippen molar-refractivity contribution in [3.63, 3.8) is 0 Å². The second-order valence-electron chi connectivity index (χ2n) is 6.22. The van der Waals surface area contributed by atoms with Gasteiger partial charge in [0.1, 0.15) is 0 Å². The van der Waals surface area contributed by atoms with E-state index in [9.17, 15) is 14.7 Å². The van der Waals surface area contributed by atoms with Crippen LogP contribution in [0.4, 0.5) is 0 Å². The standard InChI is InChI=1S/C14H23NO3/c1-10-8-15(9-11(10)2)12(16)7-14(13(17)18)5-3-4-6-14/h10-11H,3-9H2,1-2H3,(H,17,18). The van der Waals surface area contributed by atoms with Crippen molar-refractivity contribution >= 4 is 11.9 Å². The Labute approximate surface area is 108 Å². The first-order valence-corrected chi connectivity index (χ1v) is 6.96. The zero-order chi connectivity index (χ0) is 13.3. The van der Waals surface area contributed by atoms with Gasteiger partial charge in [-0.05, 0) is 24.7 Å². The molecule has 1 saturated heterocycles. The average Bonchev–Trinajstić information content (AvgIpc) is 2.88. The van der Waals surface area contributed by atoms with Gasteiger partial charge in [-0.3, -0.25) is 9.59 Å². The molecule has 0 radical (unpaired) electrons. The van der Waals surface area contributed by atoms with Gasteiger partial charge in [0.2, 0.25) is 5.91 Å². The predicted octanol–water partition coefficient (Wildman–Crippen LogP) is 2.14. The first-order chi connectivity index (χ1) is 8.44. The van der Waals surface area contributed by atoms with Crippen LogP contribution >= 0.6 is 0 Å². The van der Waals surface area contributed by atoms with E-state index in [2.05, 4.69) is 13.8 Å². The highest BCUT2D eigenvalue weighted by molar-refractivity contribution is 5.85. The number of hydrogen-bond acceptors (Lipinski definition) is 2. The van der Waals surface area contributed by atoms with Crippen molar-refractivity contribution in [3.05, 3.63) is 0 Å². The molecule has 1 amide bonds. The van der Waals surface area contributed by atoms with Crippen LogP contribution in [0.1, 0.15) is 46.0 Å². The second-order valence-corrected chi connectivity index (χ2v) is 6.22. The number of carbonyl (C=O) groups excluding carboxylic acids is 1. The molecule has 2 fully saturated rings. The number of amides is 1. The van der Waals surface area contributed by atoms with Crippen LogP contribution in [0.2, 0.25) is 0 Å². The van der Waals surface area contributed by atoms with Crippen molar-refractivity contribution < 1.29 is 14.7 Å². The summed E-state index contributed by atoms with van der Waals surface area (Å²) in [4.78, 5) is 25.6. The molecule has 1 aliphatic heterocycles. The highest BCUT2D eigenvalue weighted by Crippen LogP contribution is 2.42. The molecule has 0 spiro atoms. The van der Waals surface area contributed by atoms with Gasteiger partial charge in [-0.15, -0.1) is 0 Å². The molecule has 1 heterocycles. The molecule has 0 aromatic heterocycles. The summed E-state index contributed by atoms with van der Waals surface area (Å²) in [6.07, 6.45) is 3.39. The van der Waals surface area contributed by atoms with Crippen LogP contribution in [0, 0.1) is 17.3 Å². The van der Waals surface area contributed by atoms with Gasteiger partial charge < -0.3 is 10.0 Å². The maximum Gasteiger partial charge on any atom is 0.310 e. The summed E-state index contributed by atoms with van der Waals surface area (Å²) in [5.41, 5.74) is -0.772. The lowest BCUT2D eigenvalue weighted by atomic mass is 9.82. The van der Waals surface area contributed by atoms with E-state index >= 15 is 0 Å². The first-order valence-electron chi connectivity index (χ1n) is 6.96. The smallest absolute Gasteiger partial charge is 0.310 e. The monoisotopic (exact) mass is 253 g/mol. The molecule has 1 saturated carbocycles. The molecule has 0 aromatic rings. The Bertz CT molecular complexity index is 337. The molecule has 18 heavy (non-hydrogen) atoms. The van der Waals surface area contributed by atoms with E-state index in [0.29, 0.717) is 24.7 Å². The van der Waals surface area contributed by atoms with E-state index in [0.717, 1.165) is 25.9 Å². The van der Waals surface area contributed by atoms with Crippen LogP contribution in [0.3, 0.4) is 0 Å². The van der Waals surface area contributed by atoms with Crippen molar-refractivity contribution in [1.82, 2.24) is 4.90 Å². The number of carboxylic acids is 1. The summed E-state index contributed by atoms with van der Waals surface area (Å²) >= 11 is 0. The van der Waals surface area contributed by atoms with Crippen molar-refractivity contribution in [2.45, 2.75) is 46.0 Å². The number of likely N-dealkylation sites (tertiary alicyclic amines) is 1. The molecule has 2 atom stereocenters. The summed E-state index contributed by atoms with van der Waals surface area (Å²) in [6, 6.07) is 0. The van der Waals surface area contributed by atoms with Crippen molar-refractivity contribution in [3.8, 4) is 0 Å². The van der Waals surface area contributed by atoms with Gasteiger partial charge in [0.15, 0.2) is 0 Å². The van der Waals surface area contributed by atoms with E-state index < -0.39 is 11.4 Å². The van der Waals surface area contributed by atoms with Gasteiger partial charge in [0, 0.05) is 19.5 Å². The van der Waals surface area contributed by atoms with Gasteiger partial charge >= 0.3 is 5.97 Å². The summed E-state index contributed by atoms with van der Waals surface area (Å²) in [7, 11) is 0. The van der Waals surface area contributed by atoms with E-state index in [-0.39, 0.29) is 12.3 Å². The second kappa shape index (κ2) is 4.90. The number of carbonyl (C=O) groups is 2. The fourth-order valence-electron chi connectivity index (χ4n) is 3.25. The van der Waals surface area contributed by atoms with E-state index in [1.165, 1.54) is 0 Å². The fourth-order valence-corrected chi connectivity index (χ4v) is 3.25. The molecule has 2 rings (SSSR count). The summed E-state index contributed by atoms with van der Waals surface area (Å²) < 4.78 is 0. The molecular formula is C14H23NO3. The quantitative estimate of drug-likeness (QED) is 0.838. The minimum atomic E-state index is -0.784. The van der Waals surface area contributed by atoms with Crippen LogP contribution in [0.15, 0.2) is 0 Å². The average molecular weight is 253 g/mol.